The molecule has 0 aliphatic rings. The predicted molar refractivity (Wildman–Crippen MR) is 56.7 cm³/mol. The summed E-state index contributed by atoms with van der Waals surface area (Å²) in [6, 6.07) is 0. The van der Waals surface area contributed by atoms with Gasteiger partial charge in [0.05, 0.1) is 11.0 Å². The molecule has 1 atom stereocenters. The maximum atomic E-state index is 11.5. The van der Waals surface area contributed by atoms with Gasteiger partial charge in [0.15, 0.2) is 9.84 Å². The van der Waals surface area contributed by atoms with E-state index < -0.39 is 9.84 Å². The first kappa shape index (κ1) is 12.9. The molecular formula is C9H21NO2S. The van der Waals surface area contributed by atoms with Gasteiger partial charge in [0.25, 0.3) is 0 Å². The van der Waals surface area contributed by atoms with Crippen molar-refractivity contribution in [3.05, 3.63) is 0 Å². The molecule has 13 heavy (non-hydrogen) atoms. The lowest BCUT2D eigenvalue weighted by atomic mass is 10.3. The predicted octanol–water partition coefficient (Wildman–Crippen LogP) is 1.20. The molecule has 0 amide bonds. The quantitative estimate of drug-likeness (QED) is 0.638. The maximum absolute atomic E-state index is 11.5. The number of hydrogen-bond donors (Lipinski definition) is 1. The summed E-state index contributed by atoms with van der Waals surface area (Å²) in [6.45, 7) is 4.60. The second-order valence-corrected chi connectivity index (χ2v) is 5.94. The van der Waals surface area contributed by atoms with Gasteiger partial charge in [-0.05, 0) is 39.8 Å². The van der Waals surface area contributed by atoms with E-state index in [1.165, 1.54) is 0 Å². The topological polar surface area (TPSA) is 46.2 Å². The zero-order valence-corrected chi connectivity index (χ0v) is 9.65. The van der Waals surface area contributed by atoms with Crippen molar-refractivity contribution in [1.29, 1.82) is 0 Å². The highest BCUT2D eigenvalue weighted by Crippen LogP contribution is 2.07. The second kappa shape index (κ2) is 6.38. The van der Waals surface area contributed by atoms with Gasteiger partial charge < -0.3 is 5.32 Å². The third-order valence-corrected chi connectivity index (χ3v) is 4.71. The van der Waals surface area contributed by atoms with Crippen LogP contribution >= 0.6 is 0 Å². The third kappa shape index (κ3) is 5.26. The summed E-state index contributed by atoms with van der Waals surface area (Å²) in [7, 11) is -0.940. The minimum absolute atomic E-state index is 0.179. The maximum Gasteiger partial charge on any atom is 0.152 e. The molecule has 0 heterocycles. The second-order valence-electron chi connectivity index (χ2n) is 3.40. The Morgan fingerprint density at radius 3 is 2.38 bits per heavy atom. The molecule has 0 aliphatic carbocycles. The van der Waals surface area contributed by atoms with E-state index >= 15 is 0 Å². The normalized spacial score (nSPS) is 14.4. The van der Waals surface area contributed by atoms with Gasteiger partial charge in [0.2, 0.25) is 0 Å². The smallest absolute Gasteiger partial charge is 0.152 e. The van der Waals surface area contributed by atoms with Crippen LogP contribution in [0.4, 0.5) is 0 Å². The number of unbranched alkanes of at least 4 members (excludes halogenated alkanes) is 1. The summed E-state index contributed by atoms with van der Waals surface area (Å²) < 4.78 is 23.0. The Hall–Kier alpha value is -0.0900. The molecule has 0 radical (unpaired) electrons. The number of sulfone groups is 1. The minimum atomic E-state index is -2.82. The highest BCUT2D eigenvalue weighted by molar-refractivity contribution is 7.91. The van der Waals surface area contributed by atoms with Gasteiger partial charge in [0.1, 0.15) is 0 Å². The molecular weight excluding hydrogens is 186 g/mol. The van der Waals surface area contributed by atoms with Crippen LogP contribution in [-0.2, 0) is 9.84 Å². The molecule has 3 nitrogen and oxygen atoms in total. The summed E-state index contributed by atoms with van der Waals surface area (Å²) in [5.74, 6) is 0.337. The molecule has 4 heteroatoms. The molecule has 0 saturated heterocycles. The first-order valence-corrected chi connectivity index (χ1v) is 6.62. The van der Waals surface area contributed by atoms with Crippen LogP contribution in [0.15, 0.2) is 0 Å². The fraction of sp³-hybridized carbons (Fsp3) is 1.00. The molecule has 0 bridgehead atoms. The lowest BCUT2D eigenvalue weighted by molar-refractivity contribution is 0.575. The van der Waals surface area contributed by atoms with Crippen molar-refractivity contribution >= 4 is 9.84 Å². The molecule has 1 N–H and O–H groups in total. The third-order valence-electron chi connectivity index (χ3n) is 2.29. The van der Waals surface area contributed by atoms with E-state index in [1.54, 1.807) is 6.92 Å². The van der Waals surface area contributed by atoms with Gasteiger partial charge in [-0.15, -0.1) is 0 Å². The molecule has 0 aliphatic heterocycles. The summed E-state index contributed by atoms with van der Waals surface area (Å²) >= 11 is 0. The van der Waals surface area contributed by atoms with E-state index in [9.17, 15) is 8.42 Å². The van der Waals surface area contributed by atoms with Crippen molar-refractivity contribution in [2.45, 2.75) is 38.4 Å². The molecule has 0 spiro atoms. The van der Waals surface area contributed by atoms with Crippen LogP contribution in [-0.4, -0.2) is 33.0 Å². The number of rotatable bonds is 7. The number of nitrogens with one attached hydrogen (secondary N) is 1. The molecule has 0 aromatic rings. The van der Waals surface area contributed by atoms with Crippen molar-refractivity contribution in [3.8, 4) is 0 Å². The fourth-order valence-electron chi connectivity index (χ4n) is 1.06. The van der Waals surface area contributed by atoms with Crippen molar-refractivity contribution in [2.75, 3.05) is 19.3 Å². The molecule has 0 fully saturated rings. The van der Waals surface area contributed by atoms with E-state index in [1.807, 2.05) is 14.0 Å². The molecule has 1 unspecified atom stereocenters. The van der Waals surface area contributed by atoms with Crippen LogP contribution in [0.1, 0.15) is 33.1 Å². The SMILES string of the molecule is CCC(C)S(=O)(=O)CCCCNC. The zero-order chi connectivity index (χ0) is 10.3. The molecule has 0 saturated carbocycles. The van der Waals surface area contributed by atoms with E-state index in [0.717, 1.165) is 19.4 Å². The van der Waals surface area contributed by atoms with E-state index in [0.29, 0.717) is 12.2 Å². The Morgan fingerprint density at radius 2 is 1.92 bits per heavy atom. The van der Waals surface area contributed by atoms with Crippen LogP contribution < -0.4 is 5.32 Å². The van der Waals surface area contributed by atoms with Crippen LogP contribution in [0.3, 0.4) is 0 Å². The van der Waals surface area contributed by atoms with Gasteiger partial charge in [-0.3, -0.25) is 0 Å². The summed E-state index contributed by atoms with van der Waals surface area (Å²) in [4.78, 5) is 0. The Balaban J connectivity index is 3.77. The first-order valence-electron chi connectivity index (χ1n) is 4.90. The van der Waals surface area contributed by atoms with Gasteiger partial charge in [-0.1, -0.05) is 6.92 Å². The Labute approximate surface area is 81.8 Å². The van der Waals surface area contributed by atoms with Gasteiger partial charge in [0, 0.05) is 0 Å². The van der Waals surface area contributed by atoms with Gasteiger partial charge in [-0.2, -0.15) is 0 Å². The van der Waals surface area contributed by atoms with Crippen molar-refractivity contribution in [3.63, 3.8) is 0 Å². The highest BCUT2D eigenvalue weighted by atomic mass is 32.2. The average Bonchev–Trinajstić information content (AvgIpc) is 2.11. The lowest BCUT2D eigenvalue weighted by Crippen LogP contribution is -2.21. The monoisotopic (exact) mass is 207 g/mol. The van der Waals surface area contributed by atoms with Gasteiger partial charge >= 0.3 is 0 Å². The summed E-state index contributed by atoms with van der Waals surface area (Å²) in [5, 5.41) is 2.82. The Bertz CT molecular complexity index is 212. The summed E-state index contributed by atoms with van der Waals surface area (Å²) in [5.41, 5.74) is 0. The van der Waals surface area contributed by atoms with Gasteiger partial charge in [-0.25, -0.2) is 8.42 Å². The molecule has 0 rings (SSSR count). The average molecular weight is 207 g/mol. The van der Waals surface area contributed by atoms with E-state index in [2.05, 4.69) is 5.32 Å². The first-order chi connectivity index (χ1) is 6.04. The number of hydrogen-bond acceptors (Lipinski definition) is 3. The molecule has 80 valence electrons. The Morgan fingerprint density at radius 1 is 1.31 bits per heavy atom. The van der Waals surface area contributed by atoms with Crippen molar-refractivity contribution < 1.29 is 8.42 Å². The zero-order valence-electron chi connectivity index (χ0n) is 8.84. The standard InChI is InChI=1S/C9H21NO2S/c1-4-9(2)13(11,12)8-6-5-7-10-3/h9-10H,4-8H2,1-3H3. The van der Waals surface area contributed by atoms with E-state index in [-0.39, 0.29) is 5.25 Å². The molecule has 0 aromatic carbocycles. The largest absolute Gasteiger partial charge is 0.320 e. The van der Waals surface area contributed by atoms with Crippen LogP contribution in [0.2, 0.25) is 0 Å². The van der Waals surface area contributed by atoms with Crippen LogP contribution in [0.5, 0.6) is 0 Å². The van der Waals surface area contributed by atoms with E-state index in [4.69, 9.17) is 0 Å². The van der Waals surface area contributed by atoms with Crippen LogP contribution in [0.25, 0.3) is 0 Å². The molecule has 0 aromatic heterocycles. The minimum Gasteiger partial charge on any atom is -0.320 e. The fourth-order valence-corrected chi connectivity index (χ4v) is 2.58. The lowest BCUT2D eigenvalue weighted by Gasteiger charge is -2.09. The highest BCUT2D eigenvalue weighted by Gasteiger charge is 2.17. The van der Waals surface area contributed by atoms with Crippen molar-refractivity contribution in [2.24, 2.45) is 0 Å². The van der Waals surface area contributed by atoms with Crippen LogP contribution in [0, 0.1) is 0 Å². The van der Waals surface area contributed by atoms with Crippen molar-refractivity contribution in [1.82, 2.24) is 5.32 Å². The summed E-state index contributed by atoms with van der Waals surface area (Å²) in [6.07, 6.45) is 2.42. The Kier molecular flexibility index (Phi) is 6.33.